The number of carbonyl (C=O) groups is 2. The third-order valence-electron chi connectivity index (χ3n) is 5.26. The second kappa shape index (κ2) is 10.1. The van der Waals surface area contributed by atoms with Gasteiger partial charge in [0.15, 0.2) is 5.69 Å². The van der Waals surface area contributed by atoms with Crippen LogP contribution in [0.2, 0.25) is 0 Å². The molecule has 1 N–H and O–H groups in total. The van der Waals surface area contributed by atoms with Gasteiger partial charge in [-0.1, -0.05) is 42.5 Å². The molecular formula is C27H24FN3O3. The number of nitrogens with one attached hydrogen (secondary N) is 1. The quantitative estimate of drug-likeness (QED) is 0.380. The van der Waals surface area contributed by atoms with E-state index in [-0.39, 0.29) is 30.4 Å². The monoisotopic (exact) mass is 457 g/mol. The normalized spacial score (nSPS) is 10.7. The summed E-state index contributed by atoms with van der Waals surface area (Å²) in [5, 5.41) is 7.40. The summed E-state index contributed by atoms with van der Waals surface area (Å²) in [6.45, 7) is 3.97. The van der Waals surface area contributed by atoms with Crippen LogP contribution in [0.5, 0.6) is 0 Å². The van der Waals surface area contributed by atoms with Gasteiger partial charge in [0, 0.05) is 11.3 Å². The molecule has 1 aromatic heterocycles. The predicted octanol–water partition coefficient (Wildman–Crippen LogP) is 5.34. The Kier molecular flexibility index (Phi) is 6.82. The van der Waals surface area contributed by atoms with Gasteiger partial charge in [0.1, 0.15) is 5.82 Å². The summed E-state index contributed by atoms with van der Waals surface area (Å²) in [7, 11) is 0. The number of rotatable bonds is 7. The van der Waals surface area contributed by atoms with Crippen molar-refractivity contribution >= 4 is 17.6 Å². The molecule has 0 fully saturated rings. The Labute approximate surface area is 197 Å². The number of ether oxygens (including phenoxy) is 1. The van der Waals surface area contributed by atoms with E-state index in [4.69, 9.17) is 4.74 Å². The molecule has 0 radical (unpaired) electrons. The molecule has 7 heteroatoms. The summed E-state index contributed by atoms with van der Waals surface area (Å²) >= 11 is 0. The van der Waals surface area contributed by atoms with E-state index in [1.165, 1.54) is 12.1 Å². The molecule has 0 aliphatic carbocycles. The molecule has 0 saturated heterocycles. The zero-order valence-corrected chi connectivity index (χ0v) is 18.9. The first-order valence-corrected chi connectivity index (χ1v) is 10.9. The lowest BCUT2D eigenvalue weighted by Crippen LogP contribution is -2.14. The number of hydrogen-bond acceptors (Lipinski definition) is 4. The van der Waals surface area contributed by atoms with E-state index >= 15 is 0 Å². The fourth-order valence-corrected chi connectivity index (χ4v) is 3.63. The summed E-state index contributed by atoms with van der Waals surface area (Å²) < 4.78 is 20.0. The summed E-state index contributed by atoms with van der Waals surface area (Å²) in [5.74, 6) is -1.06. The van der Waals surface area contributed by atoms with Crippen LogP contribution in [0.25, 0.3) is 16.9 Å². The first-order valence-electron chi connectivity index (χ1n) is 10.9. The van der Waals surface area contributed by atoms with Crippen molar-refractivity contribution in [1.29, 1.82) is 0 Å². The minimum Gasteiger partial charge on any atom is -0.461 e. The topological polar surface area (TPSA) is 73.2 Å². The van der Waals surface area contributed by atoms with Gasteiger partial charge in [-0.2, -0.15) is 5.10 Å². The zero-order valence-electron chi connectivity index (χ0n) is 18.9. The van der Waals surface area contributed by atoms with E-state index in [0.29, 0.717) is 16.9 Å². The lowest BCUT2D eigenvalue weighted by atomic mass is 10.1. The van der Waals surface area contributed by atoms with E-state index in [9.17, 15) is 14.0 Å². The number of nitrogens with zero attached hydrogens (tertiary/aromatic N) is 2. The molecule has 34 heavy (non-hydrogen) atoms. The van der Waals surface area contributed by atoms with Gasteiger partial charge in [-0.15, -0.1) is 0 Å². The minimum absolute atomic E-state index is 0.124. The Morgan fingerprint density at radius 2 is 1.76 bits per heavy atom. The highest BCUT2D eigenvalue weighted by Gasteiger charge is 2.19. The number of aromatic nitrogens is 2. The predicted molar refractivity (Wildman–Crippen MR) is 128 cm³/mol. The Hall–Kier alpha value is -4.26. The summed E-state index contributed by atoms with van der Waals surface area (Å²) in [4.78, 5) is 24.9. The number of hydrogen-bond donors (Lipinski definition) is 1. The van der Waals surface area contributed by atoms with Crippen molar-refractivity contribution in [3.8, 4) is 16.9 Å². The van der Waals surface area contributed by atoms with Gasteiger partial charge in [0.05, 0.1) is 24.4 Å². The van der Waals surface area contributed by atoms with E-state index in [1.807, 2.05) is 49.4 Å². The number of anilines is 1. The Morgan fingerprint density at radius 1 is 1.00 bits per heavy atom. The molecule has 6 nitrogen and oxygen atoms in total. The molecule has 1 heterocycles. The number of para-hydroxylation sites is 1. The van der Waals surface area contributed by atoms with Gasteiger partial charge in [-0.25, -0.2) is 13.9 Å². The average Bonchev–Trinajstić information content (AvgIpc) is 3.27. The Morgan fingerprint density at radius 3 is 2.50 bits per heavy atom. The number of carbonyl (C=O) groups excluding carboxylic acids is 2. The van der Waals surface area contributed by atoms with E-state index < -0.39 is 5.97 Å². The maximum absolute atomic E-state index is 13.1. The third kappa shape index (κ3) is 5.20. The highest BCUT2D eigenvalue weighted by Crippen LogP contribution is 2.28. The number of esters is 1. The number of amides is 1. The van der Waals surface area contributed by atoms with E-state index in [0.717, 1.165) is 16.8 Å². The van der Waals surface area contributed by atoms with Crippen LogP contribution >= 0.6 is 0 Å². The summed E-state index contributed by atoms with van der Waals surface area (Å²) in [6.07, 6.45) is 0.124. The van der Waals surface area contributed by atoms with Crippen LogP contribution in [-0.2, 0) is 16.0 Å². The van der Waals surface area contributed by atoms with Crippen LogP contribution in [-0.4, -0.2) is 28.3 Å². The van der Waals surface area contributed by atoms with Gasteiger partial charge >= 0.3 is 5.97 Å². The van der Waals surface area contributed by atoms with Crippen LogP contribution in [0.1, 0.15) is 28.5 Å². The molecular weight excluding hydrogens is 433 g/mol. The molecule has 4 rings (SSSR count). The number of halogens is 1. The van der Waals surface area contributed by atoms with Crippen molar-refractivity contribution in [2.24, 2.45) is 0 Å². The van der Waals surface area contributed by atoms with Gasteiger partial charge in [-0.05, 0) is 61.4 Å². The summed E-state index contributed by atoms with van der Waals surface area (Å²) in [5.41, 5.74) is 4.79. The maximum Gasteiger partial charge on any atom is 0.358 e. The highest BCUT2D eigenvalue weighted by molar-refractivity contribution is 5.93. The van der Waals surface area contributed by atoms with Crippen LogP contribution in [0.15, 0.2) is 78.9 Å². The highest BCUT2D eigenvalue weighted by atomic mass is 19.1. The first kappa shape index (κ1) is 22.9. The maximum atomic E-state index is 13.1. The molecule has 0 unspecified atom stereocenters. The largest absolute Gasteiger partial charge is 0.461 e. The van der Waals surface area contributed by atoms with Crippen molar-refractivity contribution in [1.82, 2.24) is 9.78 Å². The third-order valence-corrected chi connectivity index (χ3v) is 5.26. The van der Waals surface area contributed by atoms with Crippen molar-refractivity contribution in [2.75, 3.05) is 11.9 Å². The van der Waals surface area contributed by atoms with Gasteiger partial charge in [0.2, 0.25) is 5.91 Å². The zero-order chi connectivity index (χ0) is 24.1. The van der Waals surface area contributed by atoms with Crippen molar-refractivity contribution < 1.29 is 18.7 Å². The second-order valence-corrected chi connectivity index (χ2v) is 7.77. The number of benzene rings is 3. The standard InChI is InChI=1S/C27H24FN3O3/c1-3-34-27(33)23-17-25(31(30-23)24-10-5-4-7-18(24)2)20-8-6-9-22(16-20)29-26(32)15-19-11-13-21(28)14-12-19/h4-14,16-17H,3,15H2,1-2H3,(H,29,32). The smallest absolute Gasteiger partial charge is 0.358 e. The fourth-order valence-electron chi connectivity index (χ4n) is 3.63. The molecule has 0 atom stereocenters. The van der Waals surface area contributed by atoms with Crippen molar-refractivity contribution in [3.05, 3.63) is 102 Å². The molecule has 0 aliphatic rings. The lowest BCUT2D eigenvalue weighted by molar-refractivity contribution is -0.115. The average molecular weight is 458 g/mol. The van der Waals surface area contributed by atoms with Crippen LogP contribution in [0.3, 0.4) is 0 Å². The minimum atomic E-state index is -0.500. The Balaban J connectivity index is 1.65. The van der Waals surface area contributed by atoms with Gasteiger partial charge in [0.25, 0.3) is 0 Å². The molecule has 0 aliphatic heterocycles. The molecule has 172 valence electrons. The van der Waals surface area contributed by atoms with Crippen molar-refractivity contribution in [2.45, 2.75) is 20.3 Å². The molecule has 0 saturated carbocycles. The summed E-state index contributed by atoms with van der Waals surface area (Å²) in [6, 6.07) is 22.6. The van der Waals surface area contributed by atoms with Gasteiger partial charge in [-0.3, -0.25) is 4.79 Å². The molecule has 3 aromatic carbocycles. The number of aryl methyl sites for hydroxylation is 1. The van der Waals surface area contributed by atoms with Crippen molar-refractivity contribution in [3.63, 3.8) is 0 Å². The molecule has 0 spiro atoms. The van der Waals surface area contributed by atoms with Crippen LogP contribution in [0.4, 0.5) is 10.1 Å². The second-order valence-electron chi connectivity index (χ2n) is 7.77. The fraction of sp³-hybridized carbons (Fsp3) is 0.148. The van der Waals surface area contributed by atoms with Crippen LogP contribution in [0, 0.1) is 12.7 Å². The van der Waals surface area contributed by atoms with E-state index in [1.54, 1.807) is 35.9 Å². The Bertz CT molecular complexity index is 1330. The lowest BCUT2D eigenvalue weighted by Gasteiger charge is -2.12. The molecule has 0 bridgehead atoms. The first-order chi connectivity index (χ1) is 16.4. The SMILES string of the molecule is CCOC(=O)c1cc(-c2cccc(NC(=O)Cc3ccc(F)cc3)c2)n(-c2ccccc2C)n1. The van der Waals surface area contributed by atoms with Crippen LogP contribution < -0.4 is 5.32 Å². The van der Waals surface area contributed by atoms with E-state index in [2.05, 4.69) is 10.4 Å². The molecule has 1 amide bonds. The van der Waals surface area contributed by atoms with Gasteiger partial charge < -0.3 is 10.1 Å². The molecule has 4 aromatic rings.